The molecule has 206 valence electrons. The minimum atomic E-state index is -0.520. The molecule has 0 saturated carbocycles. The van der Waals surface area contributed by atoms with Crippen LogP contribution < -0.4 is 20.8 Å². The Hall–Kier alpha value is -5.56. The van der Waals surface area contributed by atoms with Crippen molar-refractivity contribution in [3.63, 3.8) is 0 Å². The average Bonchev–Trinajstić information content (AvgIpc) is 3.44. The van der Waals surface area contributed by atoms with Gasteiger partial charge in [-0.1, -0.05) is 11.6 Å². The van der Waals surface area contributed by atoms with E-state index in [1.54, 1.807) is 49.6 Å². The normalized spacial score (nSPS) is 10.9. The highest BCUT2D eigenvalue weighted by molar-refractivity contribution is 6.31. The van der Waals surface area contributed by atoms with Crippen LogP contribution in [0, 0.1) is 15.9 Å². The molecule has 12 nitrogen and oxygen atoms in total. The van der Waals surface area contributed by atoms with E-state index in [-0.39, 0.29) is 28.6 Å². The van der Waals surface area contributed by atoms with Gasteiger partial charge in [-0.2, -0.15) is 20.1 Å². The molecule has 0 aliphatic heterocycles. The highest BCUT2D eigenvalue weighted by atomic mass is 35.5. The summed E-state index contributed by atoms with van der Waals surface area (Å²) in [5, 5.41) is 21.2. The van der Waals surface area contributed by atoms with Crippen LogP contribution in [0.5, 0.6) is 5.75 Å². The molecule has 41 heavy (non-hydrogen) atoms. The Labute approximate surface area is 237 Å². The highest BCUT2D eigenvalue weighted by Crippen LogP contribution is 2.26. The van der Waals surface area contributed by atoms with Crippen LogP contribution >= 0.6 is 11.6 Å². The molecule has 0 spiro atoms. The van der Waals surface area contributed by atoms with Crippen LogP contribution in [0.4, 0.5) is 39.3 Å². The third-order valence-corrected chi connectivity index (χ3v) is 5.79. The lowest BCUT2D eigenvalue weighted by Crippen LogP contribution is -2.07. The van der Waals surface area contributed by atoms with Gasteiger partial charge in [-0.05, 0) is 66.7 Å². The molecule has 0 aliphatic carbocycles. The number of halogens is 2. The predicted molar refractivity (Wildman–Crippen MR) is 153 cm³/mol. The predicted octanol–water partition coefficient (Wildman–Crippen LogP) is 6.77. The van der Waals surface area contributed by atoms with Gasteiger partial charge in [-0.15, -0.1) is 0 Å². The number of non-ortho nitro benzene ring substituents is 1. The molecule has 0 amide bonds. The van der Waals surface area contributed by atoms with Crippen molar-refractivity contribution in [2.75, 3.05) is 23.2 Å². The molecule has 0 saturated heterocycles. The van der Waals surface area contributed by atoms with Crippen LogP contribution in [-0.2, 0) is 0 Å². The number of nitrogens with one attached hydrogen (secondary N) is 3. The first kappa shape index (κ1) is 27.0. The summed E-state index contributed by atoms with van der Waals surface area (Å²) in [7, 11) is 1.57. The minimum absolute atomic E-state index is 0.0113. The zero-order valence-electron chi connectivity index (χ0n) is 21.2. The van der Waals surface area contributed by atoms with Crippen LogP contribution in [0.1, 0.15) is 5.76 Å². The Balaban J connectivity index is 1.35. The number of methoxy groups -OCH3 is 1. The molecule has 5 aromatic rings. The molecule has 0 aliphatic rings. The number of hydrogen-bond acceptors (Lipinski definition) is 11. The second-order valence-corrected chi connectivity index (χ2v) is 8.70. The molecule has 14 heteroatoms. The molecule has 0 unspecified atom stereocenters. The SMILES string of the molecule is COc1ccc(Nc2nc(N/N=C/c3ccc(-c4ccc(F)c(Cl)c4)o3)nc(Nc3ccc([N+](=O)[O-])cc3)n2)cc1. The molecule has 0 atom stereocenters. The van der Waals surface area contributed by atoms with E-state index in [0.717, 1.165) is 0 Å². The largest absolute Gasteiger partial charge is 0.497 e. The average molecular weight is 575 g/mol. The molecular formula is C27H20ClFN8O4. The Morgan fingerprint density at radius 3 is 2.17 bits per heavy atom. The van der Waals surface area contributed by atoms with Crippen LogP contribution in [0.2, 0.25) is 5.02 Å². The lowest BCUT2D eigenvalue weighted by molar-refractivity contribution is -0.384. The lowest BCUT2D eigenvalue weighted by atomic mass is 10.2. The summed E-state index contributed by atoms with van der Waals surface area (Å²) in [4.78, 5) is 23.5. The van der Waals surface area contributed by atoms with E-state index in [4.69, 9.17) is 20.8 Å². The van der Waals surface area contributed by atoms with Crippen LogP contribution in [0.15, 0.2) is 88.4 Å². The third kappa shape index (κ3) is 6.91. The number of benzene rings is 3. The van der Waals surface area contributed by atoms with E-state index in [1.165, 1.54) is 42.6 Å². The first-order valence-corrected chi connectivity index (χ1v) is 12.3. The molecule has 0 bridgehead atoms. The second kappa shape index (κ2) is 12.1. The van der Waals surface area contributed by atoms with Crippen molar-refractivity contribution in [1.29, 1.82) is 0 Å². The van der Waals surface area contributed by atoms with Crippen molar-refractivity contribution in [2.24, 2.45) is 5.10 Å². The summed E-state index contributed by atoms with van der Waals surface area (Å²) < 4.78 is 24.4. The van der Waals surface area contributed by atoms with E-state index in [2.05, 4.69) is 36.1 Å². The van der Waals surface area contributed by atoms with Crippen LogP contribution in [0.3, 0.4) is 0 Å². The van der Waals surface area contributed by atoms with E-state index >= 15 is 0 Å². The smallest absolute Gasteiger partial charge is 0.269 e. The zero-order valence-corrected chi connectivity index (χ0v) is 22.0. The van der Waals surface area contributed by atoms with Crippen molar-refractivity contribution in [3.05, 3.63) is 106 Å². The van der Waals surface area contributed by atoms with Gasteiger partial charge in [0.15, 0.2) is 0 Å². The van der Waals surface area contributed by atoms with Crippen molar-refractivity contribution < 1.29 is 18.5 Å². The number of ether oxygens (including phenoxy) is 1. The van der Waals surface area contributed by atoms with Crippen molar-refractivity contribution in [1.82, 2.24) is 15.0 Å². The highest BCUT2D eigenvalue weighted by Gasteiger charge is 2.10. The van der Waals surface area contributed by atoms with Gasteiger partial charge in [0.05, 0.1) is 23.3 Å². The maximum Gasteiger partial charge on any atom is 0.269 e. The van der Waals surface area contributed by atoms with Gasteiger partial charge in [-0.3, -0.25) is 10.1 Å². The number of anilines is 5. The summed E-state index contributed by atoms with van der Waals surface area (Å²) >= 11 is 5.87. The Bertz CT molecular complexity index is 1710. The maximum absolute atomic E-state index is 13.5. The number of hydrazone groups is 1. The van der Waals surface area contributed by atoms with E-state index < -0.39 is 10.7 Å². The molecular weight excluding hydrogens is 555 g/mol. The van der Waals surface area contributed by atoms with Crippen molar-refractivity contribution >= 4 is 52.7 Å². The third-order valence-electron chi connectivity index (χ3n) is 5.50. The number of aromatic nitrogens is 3. The van der Waals surface area contributed by atoms with Gasteiger partial charge in [0.25, 0.3) is 5.69 Å². The molecule has 3 aromatic carbocycles. The Morgan fingerprint density at radius 2 is 1.56 bits per heavy atom. The van der Waals surface area contributed by atoms with Gasteiger partial charge < -0.3 is 19.8 Å². The Kier molecular flexibility index (Phi) is 7.97. The van der Waals surface area contributed by atoms with E-state index in [0.29, 0.717) is 34.2 Å². The second-order valence-electron chi connectivity index (χ2n) is 8.29. The lowest BCUT2D eigenvalue weighted by Gasteiger charge is -2.10. The van der Waals surface area contributed by atoms with Gasteiger partial charge in [-0.25, -0.2) is 9.82 Å². The van der Waals surface area contributed by atoms with Gasteiger partial charge in [0, 0.05) is 29.1 Å². The monoisotopic (exact) mass is 574 g/mol. The molecule has 3 N–H and O–H groups in total. The fourth-order valence-corrected chi connectivity index (χ4v) is 3.70. The molecule has 0 radical (unpaired) electrons. The van der Waals surface area contributed by atoms with Gasteiger partial charge in [0.2, 0.25) is 17.8 Å². The fourth-order valence-electron chi connectivity index (χ4n) is 3.52. The first-order chi connectivity index (χ1) is 19.9. The fraction of sp³-hybridized carbons (Fsp3) is 0.0370. The molecule has 0 fully saturated rings. The summed E-state index contributed by atoms with van der Waals surface area (Å²) in [6.45, 7) is 0. The summed E-state index contributed by atoms with van der Waals surface area (Å²) in [5.74, 6) is 1.49. The standard InChI is InChI=1S/C27H20ClFN8O4/c1-40-20-9-5-18(6-10-20)32-26-33-25(31-17-3-7-19(8-4-17)37(38)39)34-27(35-26)36-30-15-21-11-13-24(41-21)16-2-12-23(29)22(28)14-16/h2-15H,1H3,(H3,31,32,33,34,35,36)/b30-15+. The molecule has 5 rings (SSSR count). The van der Waals surface area contributed by atoms with Gasteiger partial charge >= 0.3 is 0 Å². The summed E-state index contributed by atoms with van der Waals surface area (Å²) in [5.41, 5.74) is 4.52. The number of furan rings is 1. The van der Waals surface area contributed by atoms with Crippen LogP contribution in [-0.4, -0.2) is 33.2 Å². The van der Waals surface area contributed by atoms with E-state index in [1.807, 2.05) is 0 Å². The zero-order chi connectivity index (χ0) is 28.8. The number of rotatable bonds is 10. The first-order valence-electron chi connectivity index (χ1n) is 11.9. The minimum Gasteiger partial charge on any atom is -0.497 e. The number of nitro benzene ring substituents is 1. The number of nitro groups is 1. The number of hydrogen-bond donors (Lipinski definition) is 3. The molecule has 2 heterocycles. The van der Waals surface area contributed by atoms with Crippen molar-refractivity contribution in [2.45, 2.75) is 0 Å². The number of nitrogens with zero attached hydrogens (tertiary/aromatic N) is 5. The summed E-state index contributed by atoms with van der Waals surface area (Å²) in [6, 6.07) is 20.6. The summed E-state index contributed by atoms with van der Waals surface area (Å²) in [6.07, 6.45) is 1.42. The molecule has 2 aromatic heterocycles. The van der Waals surface area contributed by atoms with Crippen LogP contribution in [0.25, 0.3) is 11.3 Å². The topological polar surface area (TPSA) is 153 Å². The van der Waals surface area contributed by atoms with Gasteiger partial charge in [0.1, 0.15) is 23.1 Å². The maximum atomic E-state index is 13.5. The van der Waals surface area contributed by atoms with E-state index in [9.17, 15) is 14.5 Å². The quantitative estimate of drug-likeness (QED) is 0.0924. The Morgan fingerprint density at radius 1 is 0.927 bits per heavy atom. The van der Waals surface area contributed by atoms with Crippen molar-refractivity contribution in [3.8, 4) is 17.1 Å².